The van der Waals surface area contributed by atoms with Crippen molar-refractivity contribution in [2.45, 2.75) is 45.1 Å². The van der Waals surface area contributed by atoms with Gasteiger partial charge >= 0.3 is 6.01 Å². The van der Waals surface area contributed by atoms with E-state index in [2.05, 4.69) is 74.3 Å². The summed E-state index contributed by atoms with van der Waals surface area (Å²) in [5, 5.41) is 2.40. The minimum Gasteiger partial charge on any atom is -0.456 e. The summed E-state index contributed by atoms with van der Waals surface area (Å²) in [6, 6.07) is 21.6. The molecule has 3 aromatic rings. The van der Waals surface area contributed by atoms with Crippen LogP contribution in [0, 0.1) is 12.8 Å². The Balaban J connectivity index is 1.48. The molecule has 1 fully saturated rings. The Hall–Kier alpha value is -2.74. The predicted molar refractivity (Wildman–Crippen MR) is 130 cm³/mol. The Morgan fingerprint density at radius 2 is 1.67 bits per heavy atom. The minimum atomic E-state index is -2.64. The number of fused-ring (bicyclic) bond motifs is 3. The SMILES string of the molecule is Cc1cn2c(nc1=O)O[C@H]1[C@@H](CO[Si](c3ccccc3)(c3ccccc3)C(C)(C)C)CO[C@H]12. The predicted octanol–water partition coefficient (Wildman–Crippen LogP) is 3.03. The van der Waals surface area contributed by atoms with E-state index in [1.807, 2.05) is 16.7 Å². The number of aryl methyl sites for hydroxylation is 1. The summed E-state index contributed by atoms with van der Waals surface area (Å²) in [6.45, 7) is 9.62. The fourth-order valence-electron chi connectivity index (χ4n) is 5.12. The highest BCUT2D eigenvalue weighted by molar-refractivity contribution is 6.99. The number of aromatic nitrogens is 2. The molecule has 0 amide bonds. The summed E-state index contributed by atoms with van der Waals surface area (Å²) in [5.74, 6) is 0.0359. The average Bonchev–Trinajstić information content (AvgIpc) is 3.35. The van der Waals surface area contributed by atoms with Crippen molar-refractivity contribution in [2.24, 2.45) is 5.92 Å². The maximum absolute atomic E-state index is 12.0. The molecule has 5 rings (SSSR count). The molecule has 0 saturated carbocycles. The standard InChI is InChI=1S/C26H30N2O4Si/c1-18-15-28-24-22(32-25(28)27-23(18)29)19(16-30-24)17-31-33(26(2,3)4,20-11-7-5-8-12-20)21-13-9-6-10-14-21/h5-15,19,22,24H,16-17H2,1-4H3/t19-,22+,24-/m1/s1. The van der Waals surface area contributed by atoms with Crippen LogP contribution in [0.3, 0.4) is 0 Å². The topological polar surface area (TPSA) is 62.6 Å². The molecule has 0 spiro atoms. The highest BCUT2D eigenvalue weighted by Crippen LogP contribution is 2.41. The maximum atomic E-state index is 12.0. The molecule has 3 heterocycles. The first-order valence-corrected chi connectivity index (χ1v) is 13.3. The number of rotatable bonds is 5. The molecular formula is C26H30N2O4Si. The van der Waals surface area contributed by atoms with Gasteiger partial charge in [0.2, 0.25) is 0 Å². The molecule has 0 aliphatic carbocycles. The van der Waals surface area contributed by atoms with Crippen molar-refractivity contribution in [2.75, 3.05) is 13.2 Å². The fraction of sp³-hybridized carbons (Fsp3) is 0.385. The molecule has 3 atom stereocenters. The lowest BCUT2D eigenvalue weighted by molar-refractivity contribution is 0.0398. The van der Waals surface area contributed by atoms with E-state index in [1.54, 1.807) is 13.1 Å². The molecule has 2 aliphatic rings. The van der Waals surface area contributed by atoms with Crippen LogP contribution in [0.4, 0.5) is 0 Å². The molecule has 2 aromatic carbocycles. The highest BCUT2D eigenvalue weighted by Gasteiger charge is 2.52. The van der Waals surface area contributed by atoms with Crippen molar-refractivity contribution >= 4 is 18.7 Å². The third-order valence-electron chi connectivity index (χ3n) is 6.76. The second-order valence-electron chi connectivity index (χ2n) is 9.96. The third kappa shape index (κ3) is 3.64. The van der Waals surface area contributed by atoms with Gasteiger partial charge in [-0.05, 0) is 22.3 Å². The zero-order valence-corrected chi connectivity index (χ0v) is 20.5. The molecule has 6 nitrogen and oxygen atoms in total. The van der Waals surface area contributed by atoms with Gasteiger partial charge < -0.3 is 13.9 Å². The van der Waals surface area contributed by atoms with Crippen LogP contribution in [0.2, 0.25) is 5.04 Å². The molecule has 1 aromatic heterocycles. The van der Waals surface area contributed by atoms with Gasteiger partial charge in [0, 0.05) is 24.3 Å². The van der Waals surface area contributed by atoms with Crippen LogP contribution in [0.15, 0.2) is 71.7 Å². The van der Waals surface area contributed by atoms with E-state index in [-0.39, 0.29) is 28.8 Å². The summed E-state index contributed by atoms with van der Waals surface area (Å²) in [5.41, 5.74) is 0.319. The largest absolute Gasteiger partial charge is 0.456 e. The molecule has 172 valence electrons. The molecule has 0 bridgehead atoms. The van der Waals surface area contributed by atoms with Crippen LogP contribution in [-0.2, 0) is 9.16 Å². The summed E-state index contributed by atoms with van der Waals surface area (Å²) in [7, 11) is -2.64. The van der Waals surface area contributed by atoms with Crippen molar-refractivity contribution in [3.05, 3.63) is 82.8 Å². The first-order chi connectivity index (χ1) is 15.8. The number of ether oxygens (including phenoxy) is 2. The lowest BCUT2D eigenvalue weighted by Gasteiger charge is -2.43. The maximum Gasteiger partial charge on any atom is 0.302 e. The second-order valence-corrected chi connectivity index (χ2v) is 14.3. The molecule has 0 radical (unpaired) electrons. The molecule has 2 aliphatic heterocycles. The number of nitrogens with zero attached hydrogens (tertiary/aromatic N) is 2. The number of hydrogen-bond acceptors (Lipinski definition) is 5. The van der Waals surface area contributed by atoms with E-state index in [9.17, 15) is 4.79 Å². The first-order valence-electron chi connectivity index (χ1n) is 11.4. The van der Waals surface area contributed by atoms with E-state index < -0.39 is 8.32 Å². The normalized spacial score (nSPS) is 22.0. The van der Waals surface area contributed by atoms with Gasteiger partial charge in [-0.2, -0.15) is 4.98 Å². The Morgan fingerprint density at radius 1 is 1.06 bits per heavy atom. The van der Waals surface area contributed by atoms with Gasteiger partial charge in [-0.15, -0.1) is 0 Å². The van der Waals surface area contributed by atoms with Crippen LogP contribution >= 0.6 is 0 Å². The van der Waals surface area contributed by atoms with Crippen LogP contribution in [-0.4, -0.2) is 37.2 Å². The van der Waals surface area contributed by atoms with E-state index in [4.69, 9.17) is 13.9 Å². The lowest BCUT2D eigenvalue weighted by Crippen LogP contribution is -2.67. The van der Waals surface area contributed by atoms with Crippen LogP contribution < -0.4 is 20.7 Å². The van der Waals surface area contributed by atoms with E-state index >= 15 is 0 Å². The summed E-state index contributed by atoms with van der Waals surface area (Å²) >= 11 is 0. The van der Waals surface area contributed by atoms with Crippen molar-refractivity contribution in [1.82, 2.24) is 9.55 Å². The number of hydrogen-bond donors (Lipinski definition) is 0. The molecule has 33 heavy (non-hydrogen) atoms. The summed E-state index contributed by atoms with van der Waals surface area (Å²) in [6.07, 6.45) is 1.28. The second kappa shape index (κ2) is 8.24. The summed E-state index contributed by atoms with van der Waals surface area (Å²) < 4.78 is 21.1. The summed E-state index contributed by atoms with van der Waals surface area (Å²) in [4.78, 5) is 16.1. The zero-order chi connectivity index (χ0) is 23.2. The Kier molecular flexibility index (Phi) is 5.51. The van der Waals surface area contributed by atoms with Gasteiger partial charge in [0.25, 0.3) is 13.9 Å². The first kappa shape index (κ1) is 22.1. The minimum absolute atomic E-state index is 0.0359. The molecule has 0 N–H and O–H groups in total. The average molecular weight is 463 g/mol. The monoisotopic (exact) mass is 462 g/mol. The van der Waals surface area contributed by atoms with Gasteiger partial charge in [0.15, 0.2) is 12.3 Å². The Labute approximate surface area is 195 Å². The van der Waals surface area contributed by atoms with Crippen LogP contribution in [0.25, 0.3) is 0 Å². The molecule has 7 heteroatoms. The van der Waals surface area contributed by atoms with E-state index in [0.717, 1.165) is 0 Å². The Morgan fingerprint density at radius 3 is 2.24 bits per heavy atom. The highest BCUT2D eigenvalue weighted by atomic mass is 28.4. The molecular weight excluding hydrogens is 432 g/mol. The van der Waals surface area contributed by atoms with Gasteiger partial charge in [-0.3, -0.25) is 9.36 Å². The lowest BCUT2D eigenvalue weighted by atomic mass is 10.1. The van der Waals surface area contributed by atoms with E-state index in [0.29, 0.717) is 24.8 Å². The van der Waals surface area contributed by atoms with Crippen molar-refractivity contribution in [3.63, 3.8) is 0 Å². The van der Waals surface area contributed by atoms with Crippen molar-refractivity contribution < 1.29 is 13.9 Å². The van der Waals surface area contributed by atoms with E-state index in [1.165, 1.54) is 10.4 Å². The van der Waals surface area contributed by atoms with Gasteiger partial charge in [-0.1, -0.05) is 81.4 Å². The van der Waals surface area contributed by atoms with Gasteiger partial charge in [-0.25, -0.2) is 0 Å². The fourth-order valence-corrected chi connectivity index (χ4v) is 9.74. The Bertz CT molecular complexity index is 1150. The van der Waals surface area contributed by atoms with Crippen LogP contribution in [0.1, 0.15) is 32.6 Å². The quantitative estimate of drug-likeness (QED) is 0.546. The third-order valence-corrected chi connectivity index (χ3v) is 11.8. The molecule has 0 unspecified atom stereocenters. The molecule has 1 saturated heterocycles. The van der Waals surface area contributed by atoms with Gasteiger partial charge in [0.1, 0.15) is 0 Å². The van der Waals surface area contributed by atoms with Gasteiger partial charge in [0.05, 0.1) is 6.61 Å². The number of benzene rings is 2. The van der Waals surface area contributed by atoms with Crippen LogP contribution in [0.5, 0.6) is 6.01 Å². The zero-order valence-electron chi connectivity index (χ0n) is 19.5. The van der Waals surface area contributed by atoms with Crippen molar-refractivity contribution in [1.29, 1.82) is 0 Å². The smallest absolute Gasteiger partial charge is 0.302 e. The van der Waals surface area contributed by atoms with Crippen molar-refractivity contribution in [3.8, 4) is 6.01 Å².